The largest absolute Gasteiger partial charge is 0.338 e. The average Bonchev–Trinajstić information content (AvgIpc) is 2.78. The van der Waals surface area contributed by atoms with Crippen molar-refractivity contribution in [2.75, 3.05) is 17.3 Å². The van der Waals surface area contributed by atoms with E-state index in [1.807, 2.05) is 24.3 Å². The number of hydrogen-bond acceptors (Lipinski definition) is 3. The zero-order valence-corrected chi connectivity index (χ0v) is 14.1. The van der Waals surface area contributed by atoms with E-state index >= 15 is 0 Å². The normalized spacial score (nSPS) is 18.6. The van der Waals surface area contributed by atoms with Crippen molar-refractivity contribution in [3.8, 4) is 0 Å². The van der Waals surface area contributed by atoms with Gasteiger partial charge < -0.3 is 15.5 Å². The zero-order valence-electron chi connectivity index (χ0n) is 14.1. The maximum absolute atomic E-state index is 12.9. The third-order valence-electron chi connectivity index (χ3n) is 4.27. The van der Waals surface area contributed by atoms with Crippen molar-refractivity contribution in [1.29, 1.82) is 0 Å². The summed E-state index contributed by atoms with van der Waals surface area (Å²) in [7, 11) is 1.64. The number of nitrogens with one attached hydrogen (secondary N) is 2. The Hall–Kier alpha value is -3.15. The molecule has 0 unspecified atom stereocenters. The van der Waals surface area contributed by atoms with Crippen molar-refractivity contribution in [3.05, 3.63) is 60.2 Å². The van der Waals surface area contributed by atoms with Crippen molar-refractivity contribution in [3.63, 3.8) is 0 Å². The predicted molar refractivity (Wildman–Crippen MR) is 95.0 cm³/mol. The van der Waals surface area contributed by atoms with Gasteiger partial charge in [-0.3, -0.25) is 14.4 Å². The molecule has 1 heterocycles. The molecule has 2 aromatic carbocycles. The second-order valence-corrected chi connectivity index (χ2v) is 6.06. The fourth-order valence-electron chi connectivity index (χ4n) is 3.24. The molecular formula is C19H19N3O3. The highest BCUT2D eigenvalue weighted by atomic mass is 16.2. The van der Waals surface area contributed by atoms with Gasteiger partial charge in [-0.15, -0.1) is 0 Å². The molecule has 1 atom stereocenters. The van der Waals surface area contributed by atoms with Gasteiger partial charge in [-0.2, -0.15) is 0 Å². The first-order valence-electron chi connectivity index (χ1n) is 7.95. The van der Waals surface area contributed by atoms with Crippen LogP contribution in [0, 0.1) is 0 Å². The van der Waals surface area contributed by atoms with Gasteiger partial charge in [0.05, 0.1) is 6.42 Å². The second kappa shape index (κ2) is 6.39. The average molecular weight is 337 g/mol. The number of rotatable bonds is 4. The fourth-order valence-corrected chi connectivity index (χ4v) is 3.24. The van der Waals surface area contributed by atoms with Crippen LogP contribution in [0.25, 0.3) is 0 Å². The monoisotopic (exact) mass is 337 g/mol. The molecular weight excluding hydrogens is 318 g/mol. The topological polar surface area (TPSA) is 78.5 Å². The lowest BCUT2D eigenvalue weighted by Gasteiger charge is -2.28. The number of carbonyl (C=O) groups excluding carboxylic acids is 3. The van der Waals surface area contributed by atoms with Crippen LogP contribution in [0.2, 0.25) is 0 Å². The Labute approximate surface area is 145 Å². The van der Waals surface area contributed by atoms with Gasteiger partial charge in [-0.25, -0.2) is 0 Å². The Kier molecular flexibility index (Phi) is 4.27. The lowest BCUT2D eigenvalue weighted by atomic mass is 9.87. The smallest absolute Gasteiger partial charge is 0.257 e. The van der Waals surface area contributed by atoms with E-state index in [1.165, 1.54) is 11.8 Å². The first kappa shape index (κ1) is 16.7. The summed E-state index contributed by atoms with van der Waals surface area (Å²) in [5, 5.41) is 5.49. The molecule has 0 bridgehead atoms. The van der Waals surface area contributed by atoms with Crippen LogP contribution in [0.5, 0.6) is 0 Å². The van der Waals surface area contributed by atoms with E-state index in [2.05, 4.69) is 10.6 Å². The highest BCUT2D eigenvalue weighted by molar-refractivity contribution is 6.11. The van der Waals surface area contributed by atoms with Crippen LogP contribution in [-0.2, 0) is 19.9 Å². The number of likely N-dealkylation sites (N-methyl/N-ethyl adjacent to an activating group) is 1. The summed E-state index contributed by atoms with van der Waals surface area (Å²) in [4.78, 5) is 38.8. The van der Waals surface area contributed by atoms with Gasteiger partial charge in [0.1, 0.15) is 0 Å². The SMILES string of the molecule is CC(=O)N[C@]1(CC(=O)Nc2ccccc2)C(=O)N(C)c2ccccc21. The Balaban J connectivity index is 1.96. The van der Waals surface area contributed by atoms with Crippen LogP contribution < -0.4 is 15.5 Å². The van der Waals surface area contributed by atoms with Gasteiger partial charge in [0.2, 0.25) is 11.8 Å². The molecule has 0 aliphatic carbocycles. The van der Waals surface area contributed by atoms with E-state index in [0.717, 1.165) is 0 Å². The quantitative estimate of drug-likeness (QED) is 0.896. The van der Waals surface area contributed by atoms with Crippen LogP contribution in [0.1, 0.15) is 18.9 Å². The molecule has 0 radical (unpaired) electrons. The summed E-state index contributed by atoms with van der Waals surface area (Å²) >= 11 is 0. The lowest BCUT2D eigenvalue weighted by Crippen LogP contribution is -2.53. The first-order chi connectivity index (χ1) is 11.9. The molecule has 6 heteroatoms. The Bertz CT molecular complexity index is 835. The summed E-state index contributed by atoms with van der Waals surface area (Å²) in [5.74, 6) is -1.04. The molecule has 0 aromatic heterocycles. The predicted octanol–water partition coefficient (Wildman–Crippen LogP) is 2.02. The third-order valence-corrected chi connectivity index (χ3v) is 4.27. The Morgan fingerprint density at radius 3 is 2.36 bits per heavy atom. The minimum absolute atomic E-state index is 0.179. The Morgan fingerprint density at radius 1 is 1.04 bits per heavy atom. The van der Waals surface area contributed by atoms with E-state index in [4.69, 9.17) is 0 Å². The molecule has 1 aliphatic heterocycles. The number of anilines is 2. The second-order valence-electron chi connectivity index (χ2n) is 6.06. The summed E-state index contributed by atoms with van der Waals surface area (Å²) in [6, 6.07) is 16.2. The first-order valence-corrected chi connectivity index (χ1v) is 7.95. The summed E-state index contributed by atoms with van der Waals surface area (Å²) in [6.45, 7) is 1.34. The molecule has 2 N–H and O–H groups in total. The number of hydrogen-bond donors (Lipinski definition) is 2. The van der Waals surface area contributed by atoms with Crippen molar-refractivity contribution in [2.24, 2.45) is 0 Å². The van der Waals surface area contributed by atoms with Crippen LogP contribution in [-0.4, -0.2) is 24.8 Å². The van der Waals surface area contributed by atoms with Crippen LogP contribution in [0.15, 0.2) is 54.6 Å². The van der Waals surface area contributed by atoms with Crippen LogP contribution in [0.4, 0.5) is 11.4 Å². The van der Waals surface area contributed by atoms with Gasteiger partial charge in [0, 0.05) is 30.9 Å². The lowest BCUT2D eigenvalue weighted by molar-refractivity contribution is -0.133. The maximum Gasteiger partial charge on any atom is 0.257 e. The van der Waals surface area contributed by atoms with Crippen LogP contribution in [0.3, 0.4) is 0 Å². The fraction of sp³-hybridized carbons (Fsp3) is 0.211. The van der Waals surface area contributed by atoms with Gasteiger partial charge in [-0.1, -0.05) is 36.4 Å². The highest BCUT2D eigenvalue weighted by Gasteiger charge is 2.51. The molecule has 0 saturated carbocycles. The number of amides is 3. The molecule has 25 heavy (non-hydrogen) atoms. The third kappa shape index (κ3) is 2.98. The summed E-state index contributed by atoms with van der Waals surface area (Å²) in [6.07, 6.45) is -0.179. The molecule has 3 rings (SSSR count). The standard InChI is InChI=1S/C19H19N3O3/c1-13(23)21-19(12-17(24)20-14-8-4-3-5-9-14)15-10-6-7-11-16(15)22(2)18(19)25/h3-11H,12H2,1-2H3,(H,20,24)(H,21,23)/t19-/m0/s1. The molecule has 2 aromatic rings. The van der Waals surface area contributed by atoms with E-state index in [1.54, 1.807) is 37.4 Å². The van der Waals surface area contributed by atoms with Gasteiger partial charge in [0.15, 0.2) is 5.54 Å². The minimum Gasteiger partial charge on any atom is -0.338 e. The maximum atomic E-state index is 12.9. The van der Waals surface area contributed by atoms with E-state index < -0.39 is 5.54 Å². The van der Waals surface area contributed by atoms with E-state index in [-0.39, 0.29) is 24.1 Å². The van der Waals surface area contributed by atoms with Crippen molar-refractivity contribution >= 4 is 29.1 Å². The molecule has 0 spiro atoms. The number of carbonyl (C=O) groups is 3. The Morgan fingerprint density at radius 2 is 1.68 bits per heavy atom. The molecule has 0 saturated heterocycles. The summed E-state index contributed by atoms with van der Waals surface area (Å²) in [5.41, 5.74) is 0.558. The highest BCUT2D eigenvalue weighted by Crippen LogP contribution is 2.41. The van der Waals surface area contributed by atoms with Crippen molar-refractivity contribution < 1.29 is 14.4 Å². The zero-order chi connectivity index (χ0) is 18.0. The van der Waals surface area contributed by atoms with Crippen molar-refractivity contribution in [2.45, 2.75) is 18.9 Å². The van der Waals surface area contributed by atoms with Gasteiger partial charge in [0.25, 0.3) is 5.91 Å². The minimum atomic E-state index is -1.39. The number of nitrogens with zero attached hydrogens (tertiary/aromatic N) is 1. The number of fused-ring (bicyclic) bond motifs is 1. The van der Waals surface area contributed by atoms with E-state index in [9.17, 15) is 14.4 Å². The molecule has 0 fully saturated rings. The van der Waals surface area contributed by atoms with Crippen molar-refractivity contribution in [1.82, 2.24) is 5.32 Å². The molecule has 128 valence electrons. The summed E-state index contributed by atoms with van der Waals surface area (Å²) < 4.78 is 0. The molecule has 3 amide bonds. The van der Waals surface area contributed by atoms with Gasteiger partial charge in [-0.05, 0) is 18.2 Å². The molecule has 1 aliphatic rings. The van der Waals surface area contributed by atoms with Gasteiger partial charge >= 0.3 is 0 Å². The number of para-hydroxylation sites is 2. The molecule has 6 nitrogen and oxygen atoms in total. The van der Waals surface area contributed by atoms with E-state index in [0.29, 0.717) is 16.9 Å². The number of benzene rings is 2. The van der Waals surface area contributed by atoms with Crippen LogP contribution >= 0.6 is 0 Å².